The Morgan fingerprint density at radius 1 is 1.00 bits per heavy atom. The van der Waals surface area contributed by atoms with Crippen LogP contribution in [0.1, 0.15) is 76.4 Å². The number of amides is 1. The van der Waals surface area contributed by atoms with E-state index >= 15 is 0 Å². The highest BCUT2D eigenvalue weighted by Gasteiger charge is 2.52. The van der Waals surface area contributed by atoms with Crippen LogP contribution in [0, 0.1) is 6.92 Å². The topological polar surface area (TPSA) is 106 Å². The van der Waals surface area contributed by atoms with Crippen LogP contribution in [0.5, 0.6) is 0 Å². The lowest BCUT2D eigenvalue weighted by atomic mass is 9.57. The maximum atomic E-state index is 13.5. The van der Waals surface area contributed by atoms with Crippen LogP contribution < -0.4 is 9.62 Å². The van der Waals surface area contributed by atoms with Crippen LogP contribution in [0.2, 0.25) is 0 Å². The second-order valence-corrected chi connectivity index (χ2v) is 14.1. The molecule has 3 aliphatic carbocycles. The van der Waals surface area contributed by atoms with Gasteiger partial charge < -0.3 is 10.1 Å². The molecule has 1 aliphatic heterocycles. The van der Waals surface area contributed by atoms with Gasteiger partial charge in [0.2, 0.25) is 0 Å². The first-order valence-electron chi connectivity index (χ1n) is 13.4. The zero-order valence-electron chi connectivity index (χ0n) is 22.5. The van der Waals surface area contributed by atoms with Gasteiger partial charge in [-0.15, -0.1) is 0 Å². The largest absolute Gasteiger partial charge is 0.444 e. The molecule has 38 heavy (non-hydrogen) atoms. The number of nitrogens with zero attached hydrogens (tertiary/aromatic N) is 4. The zero-order valence-corrected chi connectivity index (χ0v) is 23.3. The van der Waals surface area contributed by atoms with Crippen molar-refractivity contribution in [3.63, 3.8) is 0 Å². The van der Waals surface area contributed by atoms with E-state index in [2.05, 4.69) is 14.7 Å². The Morgan fingerprint density at radius 3 is 2.26 bits per heavy atom. The molecule has 9 nitrogen and oxygen atoms in total. The summed E-state index contributed by atoms with van der Waals surface area (Å²) in [6, 6.07) is 6.95. The van der Waals surface area contributed by atoms with E-state index in [1.807, 2.05) is 46.0 Å². The summed E-state index contributed by atoms with van der Waals surface area (Å²) < 4.78 is 36.2. The van der Waals surface area contributed by atoms with E-state index in [9.17, 15) is 13.2 Å². The van der Waals surface area contributed by atoms with Gasteiger partial charge in [0.1, 0.15) is 11.4 Å². The number of hydrogen-bond acceptors (Lipinski definition) is 6. The molecule has 3 saturated carbocycles. The lowest BCUT2D eigenvalue weighted by Crippen LogP contribution is -2.58. The standard InChI is InChI=1S/C28H35N5O4S/c1-19-5-7-21(8-6-19)38(35,36)32-16-9-22-23(32)29-17-20-18-30-24(33(20)22)27-10-13-28(14-11-27,15-12-27)31-25(34)37-26(2,3)4/h5-8,17-18H,9-16H2,1-4H3,(H,31,34). The molecular weight excluding hydrogens is 502 g/mol. The third-order valence-corrected chi connectivity index (χ3v) is 10.3. The van der Waals surface area contributed by atoms with Crippen LogP contribution in [-0.4, -0.2) is 46.6 Å². The number of alkyl carbamates (subject to hydrolysis) is 1. The van der Waals surface area contributed by atoms with E-state index in [1.165, 1.54) is 4.31 Å². The maximum Gasteiger partial charge on any atom is 0.408 e. The van der Waals surface area contributed by atoms with Crippen molar-refractivity contribution in [1.82, 2.24) is 19.7 Å². The van der Waals surface area contributed by atoms with Crippen LogP contribution in [-0.2, 0) is 26.6 Å². The van der Waals surface area contributed by atoms with Gasteiger partial charge in [0.15, 0.2) is 5.82 Å². The number of nitrogens with one attached hydrogen (secondary N) is 1. The number of benzene rings is 1. The summed E-state index contributed by atoms with van der Waals surface area (Å²) in [4.78, 5) is 22.3. The predicted molar refractivity (Wildman–Crippen MR) is 144 cm³/mol. The molecule has 4 aliphatic rings. The molecule has 1 N–H and O–H groups in total. The molecule has 1 aromatic carbocycles. The first-order valence-corrected chi connectivity index (χ1v) is 14.8. The van der Waals surface area contributed by atoms with Crippen LogP contribution in [0.25, 0.3) is 5.52 Å². The Labute approximate surface area is 223 Å². The third-order valence-electron chi connectivity index (χ3n) is 8.52. The number of ether oxygens (including phenoxy) is 1. The molecule has 2 aromatic heterocycles. The van der Waals surface area contributed by atoms with Crippen LogP contribution >= 0.6 is 0 Å². The van der Waals surface area contributed by atoms with Gasteiger partial charge in [0.05, 0.1) is 28.5 Å². The minimum atomic E-state index is -3.72. The summed E-state index contributed by atoms with van der Waals surface area (Å²) >= 11 is 0. The molecule has 0 saturated heterocycles. The Balaban J connectivity index is 1.30. The predicted octanol–water partition coefficient (Wildman–Crippen LogP) is 4.66. The van der Waals surface area contributed by atoms with Crippen molar-refractivity contribution in [1.29, 1.82) is 0 Å². The number of carbonyl (C=O) groups excluding carboxylic acids is 1. The number of carbonyl (C=O) groups is 1. The number of fused-ring (bicyclic) bond motifs is 6. The van der Waals surface area contributed by atoms with Crippen molar-refractivity contribution in [3.8, 4) is 0 Å². The van der Waals surface area contributed by atoms with Crippen molar-refractivity contribution >= 4 is 27.5 Å². The highest BCUT2D eigenvalue weighted by atomic mass is 32.2. The van der Waals surface area contributed by atoms with Gasteiger partial charge in [0, 0.05) is 23.9 Å². The van der Waals surface area contributed by atoms with Crippen LogP contribution in [0.15, 0.2) is 41.6 Å². The molecular formula is C28H35N5O4S. The molecule has 7 rings (SSSR count). The average molecular weight is 538 g/mol. The van der Waals surface area contributed by atoms with E-state index in [4.69, 9.17) is 9.72 Å². The normalized spacial score (nSPS) is 25.0. The summed E-state index contributed by atoms with van der Waals surface area (Å²) in [5, 5.41) is 3.19. The molecule has 0 radical (unpaired) electrons. The van der Waals surface area contributed by atoms with Gasteiger partial charge in [-0.1, -0.05) is 17.7 Å². The number of anilines is 1. The summed E-state index contributed by atoms with van der Waals surface area (Å²) in [6.45, 7) is 7.92. The Hall–Kier alpha value is -3.14. The number of imidazole rings is 1. The molecule has 3 heterocycles. The van der Waals surface area contributed by atoms with Crippen molar-refractivity contribution in [2.45, 2.75) is 94.1 Å². The van der Waals surface area contributed by atoms with Gasteiger partial charge in [0.25, 0.3) is 10.0 Å². The quantitative estimate of drug-likeness (QED) is 0.519. The third kappa shape index (κ3) is 4.04. The van der Waals surface area contributed by atoms with Gasteiger partial charge >= 0.3 is 6.09 Å². The number of sulfonamides is 1. The SMILES string of the molecule is Cc1ccc(S(=O)(=O)N2CCc3c2ncc2cnc(C45CCC(NC(=O)OC(C)(C)C)(CC4)CC5)n32)cc1. The van der Waals surface area contributed by atoms with E-state index in [-0.39, 0.29) is 21.9 Å². The highest BCUT2D eigenvalue weighted by Crippen LogP contribution is 2.53. The van der Waals surface area contributed by atoms with Crippen molar-refractivity contribution in [2.24, 2.45) is 0 Å². The first-order chi connectivity index (χ1) is 17.9. The second kappa shape index (κ2) is 8.43. The van der Waals surface area contributed by atoms with Gasteiger partial charge in [-0.05, 0) is 78.4 Å². The van der Waals surface area contributed by atoms with Crippen LogP contribution in [0.3, 0.4) is 0 Å². The smallest absolute Gasteiger partial charge is 0.408 e. The molecule has 0 unspecified atom stereocenters. The zero-order chi connectivity index (χ0) is 26.9. The minimum absolute atomic E-state index is 0.109. The van der Waals surface area contributed by atoms with Gasteiger partial charge in [-0.25, -0.2) is 27.5 Å². The maximum absolute atomic E-state index is 13.5. The highest BCUT2D eigenvalue weighted by molar-refractivity contribution is 7.92. The molecule has 3 fully saturated rings. The minimum Gasteiger partial charge on any atom is -0.444 e. The molecule has 10 heteroatoms. The molecule has 2 bridgehead atoms. The van der Waals surface area contributed by atoms with Gasteiger partial charge in [-0.3, -0.25) is 4.40 Å². The molecule has 0 atom stereocenters. The fourth-order valence-corrected chi connectivity index (χ4v) is 7.91. The molecule has 202 valence electrons. The monoisotopic (exact) mass is 537 g/mol. The average Bonchev–Trinajstić information content (AvgIpc) is 3.49. The fraction of sp³-hybridized carbons (Fsp3) is 0.536. The Kier molecular flexibility index (Phi) is 5.58. The summed E-state index contributed by atoms with van der Waals surface area (Å²) in [5.74, 6) is 1.48. The number of hydrogen-bond donors (Lipinski definition) is 1. The first kappa shape index (κ1) is 25.2. The Morgan fingerprint density at radius 2 is 1.63 bits per heavy atom. The number of aryl methyl sites for hydroxylation is 1. The van der Waals surface area contributed by atoms with Crippen molar-refractivity contribution < 1.29 is 17.9 Å². The number of aromatic nitrogens is 3. The van der Waals surface area contributed by atoms with E-state index in [0.717, 1.165) is 61.1 Å². The van der Waals surface area contributed by atoms with Crippen LogP contribution in [0.4, 0.5) is 10.6 Å². The summed E-state index contributed by atoms with van der Waals surface area (Å²) in [6.07, 6.45) is 9.12. The Bertz CT molecular complexity index is 1500. The molecule has 0 spiro atoms. The van der Waals surface area contributed by atoms with Crippen molar-refractivity contribution in [2.75, 3.05) is 10.8 Å². The van der Waals surface area contributed by atoms with E-state index in [1.54, 1.807) is 18.3 Å². The second-order valence-electron chi connectivity index (χ2n) is 12.2. The summed E-state index contributed by atoms with van der Waals surface area (Å²) in [5.41, 5.74) is 1.92. The van der Waals surface area contributed by atoms with Gasteiger partial charge in [-0.2, -0.15) is 0 Å². The van der Waals surface area contributed by atoms with Crippen molar-refractivity contribution in [3.05, 3.63) is 53.7 Å². The molecule has 3 aromatic rings. The lowest BCUT2D eigenvalue weighted by Gasteiger charge is -2.53. The van der Waals surface area contributed by atoms with E-state index < -0.39 is 15.6 Å². The fourth-order valence-electron chi connectivity index (χ4n) is 6.46. The van der Waals surface area contributed by atoms with E-state index in [0.29, 0.717) is 18.8 Å². The summed E-state index contributed by atoms with van der Waals surface area (Å²) in [7, 11) is -3.72. The molecule has 1 amide bonds. The lowest BCUT2D eigenvalue weighted by molar-refractivity contribution is 0.0246. The number of rotatable bonds is 4.